The fourth-order valence-corrected chi connectivity index (χ4v) is 2.40. The fraction of sp³-hybridized carbons (Fsp3) is 0.0667. The summed E-state index contributed by atoms with van der Waals surface area (Å²) in [6, 6.07) is 11.8. The van der Waals surface area contributed by atoms with Crippen molar-refractivity contribution in [3.8, 4) is 11.5 Å². The first kappa shape index (κ1) is 13.9. The number of benzene rings is 1. The van der Waals surface area contributed by atoms with Crippen molar-refractivity contribution in [1.82, 2.24) is 9.78 Å². The van der Waals surface area contributed by atoms with E-state index >= 15 is 0 Å². The largest absolute Gasteiger partial charge is 0.463 e. The third kappa shape index (κ3) is 3.01. The van der Waals surface area contributed by atoms with Crippen molar-refractivity contribution in [2.45, 2.75) is 6.54 Å². The Morgan fingerprint density at radius 3 is 2.71 bits per heavy atom. The van der Waals surface area contributed by atoms with E-state index in [2.05, 4.69) is 5.10 Å². The van der Waals surface area contributed by atoms with Crippen LogP contribution in [0.1, 0.15) is 5.56 Å². The van der Waals surface area contributed by atoms with Crippen molar-refractivity contribution in [2.75, 3.05) is 0 Å². The third-order valence-corrected chi connectivity index (χ3v) is 3.56. The van der Waals surface area contributed by atoms with Crippen LogP contribution in [0.25, 0.3) is 11.5 Å². The molecule has 3 rings (SSSR count). The van der Waals surface area contributed by atoms with Crippen LogP contribution in [0.3, 0.4) is 0 Å². The average molecular weight is 321 g/mol. The minimum atomic E-state index is -0.212. The van der Waals surface area contributed by atoms with Gasteiger partial charge in [-0.15, -0.1) is 0 Å². The van der Waals surface area contributed by atoms with Crippen LogP contribution in [0.5, 0.6) is 0 Å². The van der Waals surface area contributed by atoms with Crippen molar-refractivity contribution in [1.29, 1.82) is 0 Å². The first-order valence-electron chi connectivity index (χ1n) is 6.19. The molecule has 0 N–H and O–H groups in total. The Kier molecular flexibility index (Phi) is 3.82. The molecule has 6 heteroatoms. The Morgan fingerprint density at radius 1 is 1.14 bits per heavy atom. The minimum Gasteiger partial charge on any atom is -0.463 e. The zero-order valence-corrected chi connectivity index (χ0v) is 12.3. The first-order valence-corrected chi connectivity index (χ1v) is 6.95. The summed E-state index contributed by atoms with van der Waals surface area (Å²) in [6.45, 7) is 0.267. The number of hydrogen-bond donors (Lipinski definition) is 0. The van der Waals surface area contributed by atoms with Crippen LogP contribution < -0.4 is 5.56 Å². The molecular formula is C15H10Cl2N2O2. The molecule has 0 fully saturated rings. The lowest BCUT2D eigenvalue weighted by Crippen LogP contribution is -2.22. The summed E-state index contributed by atoms with van der Waals surface area (Å²) in [4.78, 5) is 11.9. The molecule has 0 saturated heterocycles. The molecule has 2 aromatic heterocycles. The predicted molar refractivity (Wildman–Crippen MR) is 81.8 cm³/mol. The molecule has 4 nitrogen and oxygen atoms in total. The van der Waals surface area contributed by atoms with Crippen LogP contribution in [0.15, 0.2) is 57.9 Å². The Labute approximate surface area is 130 Å². The van der Waals surface area contributed by atoms with E-state index in [-0.39, 0.29) is 12.1 Å². The van der Waals surface area contributed by atoms with Gasteiger partial charge in [0, 0.05) is 16.1 Å². The number of furan rings is 1. The van der Waals surface area contributed by atoms with Gasteiger partial charge in [-0.25, -0.2) is 4.68 Å². The van der Waals surface area contributed by atoms with Gasteiger partial charge in [-0.3, -0.25) is 4.79 Å². The van der Waals surface area contributed by atoms with Gasteiger partial charge in [0.1, 0.15) is 5.69 Å². The van der Waals surface area contributed by atoms with Crippen molar-refractivity contribution >= 4 is 23.2 Å². The fourth-order valence-electron chi connectivity index (χ4n) is 1.93. The molecule has 0 saturated carbocycles. The molecule has 21 heavy (non-hydrogen) atoms. The van der Waals surface area contributed by atoms with Crippen LogP contribution in [0.2, 0.25) is 10.0 Å². The number of halogens is 2. The zero-order valence-electron chi connectivity index (χ0n) is 10.8. The van der Waals surface area contributed by atoms with Crippen LogP contribution in [-0.2, 0) is 6.54 Å². The zero-order chi connectivity index (χ0) is 14.8. The van der Waals surface area contributed by atoms with Gasteiger partial charge >= 0.3 is 0 Å². The number of aromatic nitrogens is 2. The third-order valence-electron chi connectivity index (χ3n) is 2.98. The number of nitrogens with zero attached hydrogens (tertiary/aromatic N) is 2. The monoisotopic (exact) mass is 320 g/mol. The highest BCUT2D eigenvalue weighted by molar-refractivity contribution is 6.35. The maximum atomic E-state index is 11.9. The average Bonchev–Trinajstić information content (AvgIpc) is 2.98. The Balaban J connectivity index is 1.98. The summed E-state index contributed by atoms with van der Waals surface area (Å²) in [5, 5.41) is 5.34. The lowest BCUT2D eigenvalue weighted by molar-refractivity contribution is 0.569. The molecular weight excluding hydrogens is 311 g/mol. The van der Waals surface area contributed by atoms with Crippen molar-refractivity contribution in [2.24, 2.45) is 0 Å². The van der Waals surface area contributed by atoms with Crippen molar-refractivity contribution in [3.63, 3.8) is 0 Å². The molecule has 0 spiro atoms. The molecule has 1 aromatic carbocycles. The van der Waals surface area contributed by atoms with Crippen LogP contribution in [0, 0.1) is 0 Å². The standard InChI is InChI=1S/C15H10Cl2N2O2/c16-11-4-3-10(12(17)8-11)9-19-15(20)6-5-13(18-19)14-2-1-7-21-14/h1-8H,9H2. The Morgan fingerprint density at radius 2 is 2.00 bits per heavy atom. The SMILES string of the molecule is O=c1ccc(-c2ccco2)nn1Cc1ccc(Cl)cc1Cl. The number of rotatable bonds is 3. The van der Waals surface area contributed by atoms with Crippen LogP contribution >= 0.6 is 23.2 Å². The predicted octanol–water partition coefficient (Wildman–Crippen LogP) is 3.86. The molecule has 3 aromatic rings. The normalized spacial score (nSPS) is 10.8. The molecule has 0 aliphatic carbocycles. The molecule has 0 aliphatic heterocycles. The molecule has 0 atom stereocenters. The second kappa shape index (κ2) is 5.76. The highest BCUT2D eigenvalue weighted by Gasteiger charge is 2.08. The molecule has 0 amide bonds. The van der Waals surface area contributed by atoms with Gasteiger partial charge in [-0.2, -0.15) is 5.10 Å². The van der Waals surface area contributed by atoms with E-state index in [0.717, 1.165) is 5.56 Å². The van der Waals surface area contributed by atoms with Gasteiger partial charge in [-0.05, 0) is 35.9 Å². The summed E-state index contributed by atoms with van der Waals surface area (Å²) in [5.74, 6) is 0.603. The summed E-state index contributed by atoms with van der Waals surface area (Å²) in [6.07, 6.45) is 1.56. The molecule has 106 valence electrons. The van der Waals surface area contributed by atoms with E-state index in [1.54, 1.807) is 42.7 Å². The second-order valence-electron chi connectivity index (χ2n) is 4.43. The smallest absolute Gasteiger partial charge is 0.267 e. The van der Waals surface area contributed by atoms with E-state index < -0.39 is 0 Å². The highest BCUT2D eigenvalue weighted by atomic mass is 35.5. The Hall–Kier alpha value is -2.04. The molecule has 2 heterocycles. The van der Waals surface area contributed by atoms with Crippen molar-refractivity contribution in [3.05, 3.63) is 74.7 Å². The number of hydrogen-bond acceptors (Lipinski definition) is 3. The van der Waals surface area contributed by atoms with Gasteiger partial charge in [0.15, 0.2) is 5.76 Å². The van der Waals surface area contributed by atoms with E-state index in [4.69, 9.17) is 27.6 Å². The summed E-state index contributed by atoms with van der Waals surface area (Å²) < 4.78 is 6.62. The molecule has 0 aliphatic rings. The summed E-state index contributed by atoms with van der Waals surface area (Å²) in [7, 11) is 0. The van der Waals surface area contributed by atoms with Crippen molar-refractivity contribution < 1.29 is 4.42 Å². The lowest BCUT2D eigenvalue weighted by atomic mass is 10.2. The van der Waals surface area contributed by atoms with Crippen LogP contribution in [-0.4, -0.2) is 9.78 Å². The quantitative estimate of drug-likeness (QED) is 0.736. The van der Waals surface area contributed by atoms with Crippen LogP contribution in [0.4, 0.5) is 0 Å². The van der Waals surface area contributed by atoms with E-state index in [1.165, 1.54) is 10.7 Å². The van der Waals surface area contributed by atoms with Gasteiger partial charge < -0.3 is 4.42 Å². The summed E-state index contributed by atoms with van der Waals surface area (Å²) in [5.41, 5.74) is 1.15. The topological polar surface area (TPSA) is 48.0 Å². The summed E-state index contributed by atoms with van der Waals surface area (Å²) >= 11 is 12.0. The molecule has 0 bridgehead atoms. The lowest BCUT2D eigenvalue weighted by Gasteiger charge is -2.08. The maximum Gasteiger partial charge on any atom is 0.267 e. The molecule has 0 radical (unpaired) electrons. The maximum absolute atomic E-state index is 11.9. The van der Waals surface area contributed by atoms with E-state index in [1.807, 2.05) is 0 Å². The van der Waals surface area contributed by atoms with E-state index in [9.17, 15) is 4.79 Å². The van der Waals surface area contributed by atoms with Gasteiger partial charge in [0.2, 0.25) is 0 Å². The first-order chi connectivity index (χ1) is 10.1. The van der Waals surface area contributed by atoms with Gasteiger partial charge in [-0.1, -0.05) is 29.3 Å². The highest BCUT2D eigenvalue weighted by Crippen LogP contribution is 2.21. The van der Waals surface area contributed by atoms with E-state index in [0.29, 0.717) is 21.5 Å². The second-order valence-corrected chi connectivity index (χ2v) is 5.27. The van der Waals surface area contributed by atoms with Gasteiger partial charge in [0.05, 0.1) is 12.8 Å². The molecule has 0 unspecified atom stereocenters. The Bertz CT molecular complexity index is 826. The van der Waals surface area contributed by atoms with Gasteiger partial charge in [0.25, 0.3) is 5.56 Å². The minimum absolute atomic E-state index is 0.212.